The van der Waals surface area contributed by atoms with Gasteiger partial charge < -0.3 is 0 Å². The first-order valence-corrected chi connectivity index (χ1v) is 5.12. The molecule has 0 saturated carbocycles. The van der Waals surface area contributed by atoms with E-state index in [-0.39, 0.29) is 23.7 Å². The van der Waals surface area contributed by atoms with Crippen LogP contribution in [0.15, 0.2) is 6.20 Å². The number of ketones is 2. The van der Waals surface area contributed by atoms with E-state index in [0.29, 0.717) is 13.0 Å². The van der Waals surface area contributed by atoms with Crippen LogP contribution in [-0.2, 0) is 11.3 Å². The summed E-state index contributed by atoms with van der Waals surface area (Å²) >= 11 is 0. The normalized spacial score (nSPS) is 10.3. The van der Waals surface area contributed by atoms with Crippen molar-refractivity contribution in [2.24, 2.45) is 0 Å². The minimum absolute atomic E-state index is 0.0338. The van der Waals surface area contributed by atoms with E-state index in [1.807, 2.05) is 13.8 Å². The molecule has 1 aromatic rings. The average molecular weight is 209 g/mol. The van der Waals surface area contributed by atoms with Crippen LogP contribution in [0.4, 0.5) is 0 Å². The second-order valence-corrected chi connectivity index (χ2v) is 3.35. The highest BCUT2D eigenvalue weighted by molar-refractivity contribution is 6.06. The minimum atomic E-state index is -0.242. The Balaban J connectivity index is 2.57. The molecule has 0 atom stereocenters. The van der Waals surface area contributed by atoms with E-state index in [4.69, 9.17) is 0 Å². The molecule has 1 heterocycles. The lowest BCUT2D eigenvalue weighted by atomic mass is 10.1. The van der Waals surface area contributed by atoms with Gasteiger partial charge >= 0.3 is 0 Å². The highest BCUT2D eigenvalue weighted by Crippen LogP contribution is 2.02. The van der Waals surface area contributed by atoms with Gasteiger partial charge in [0, 0.05) is 13.0 Å². The Kier molecular flexibility index (Phi) is 4.15. The highest BCUT2D eigenvalue weighted by Gasteiger charge is 2.14. The number of carbonyl (C=O) groups excluding carboxylic acids is 2. The zero-order valence-corrected chi connectivity index (χ0v) is 9.06. The van der Waals surface area contributed by atoms with Gasteiger partial charge in [-0.05, 0) is 13.3 Å². The molecule has 82 valence electrons. The molecule has 0 aliphatic heterocycles. The number of rotatable bonds is 6. The molecule has 0 fully saturated rings. The predicted molar refractivity (Wildman–Crippen MR) is 54.6 cm³/mol. The van der Waals surface area contributed by atoms with Crippen molar-refractivity contribution in [2.75, 3.05) is 0 Å². The predicted octanol–water partition coefficient (Wildman–Crippen LogP) is 1.24. The summed E-state index contributed by atoms with van der Waals surface area (Å²) in [5.74, 6) is -0.276. The molecule has 5 nitrogen and oxygen atoms in total. The quantitative estimate of drug-likeness (QED) is 0.522. The first kappa shape index (κ1) is 11.6. The van der Waals surface area contributed by atoms with E-state index in [1.54, 1.807) is 10.9 Å². The molecule has 0 aliphatic rings. The second-order valence-electron chi connectivity index (χ2n) is 3.35. The maximum atomic E-state index is 11.5. The van der Waals surface area contributed by atoms with Gasteiger partial charge in [0.05, 0.1) is 12.6 Å². The molecule has 0 saturated heterocycles. The number of Topliss-reactive ketones (excluding diaryl/α,β-unsaturated/α-hetero) is 2. The van der Waals surface area contributed by atoms with Crippen LogP contribution in [0.5, 0.6) is 0 Å². The topological polar surface area (TPSA) is 64.8 Å². The zero-order valence-electron chi connectivity index (χ0n) is 9.06. The monoisotopic (exact) mass is 209 g/mol. The van der Waals surface area contributed by atoms with Crippen LogP contribution in [0.25, 0.3) is 0 Å². The van der Waals surface area contributed by atoms with E-state index in [0.717, 1.165) is 6.42 Å². The van der Waals surface area contributed by atoms with Gasteiger partial charge in [-0.3, -0.25) is 14.3 Å². The van der Waals surface area contributed by atoms with Gasteiger partial charge in [0.2, 0.25) is 0 Å². The maximum absolute atomic E-state index is 11.5. The number of hydrogen-bond acceptors (Lipinski definition) is 4. The van der Waals surface area contributed by atoms with E-state index in [2.05, 4.69) is 10.3 Å². The Bertz CT molecular complexity index is 357. The van der Waals surface area contributed by atoms with Gasteiger partial charge in [0.1, 0.15) is 11.5 Å². The summed E-state index contributed by atoms with van der Waals surface area (Å²) < 4.78 is 1.57. The van der Waals surface area contributed by atoms with Crippen molar-refractivity contribution in [1.82, 2.24) is 15.0 Å². The smallest absolute Gasteiger partial charge is 0.192 e. The van der Waals surface area contributed by atoms with E-state index < -0.39 is 0 Å². The first-order chi connectivity index (χ1) is 7.17. The molecular weight excluding hydrogens is 194 g/mol. The Hall–Kier alpha value is -1.52. The summed E-state index contributed by atoms with van der Waals surface area (Å²) in [6.07, 6.45) is 2.74. The minimum Gasteiger partial charge on any atom is -0.299 e. The molecule has 1 aromatic heterocycles. The van der Waals surface area contributed by atoms with Crippen LogP contribution >= 0.6 is 0 Å². The van der Waals surface area contributed by atoms with E-state index in [9.17, 15) is 9.59 Å². The van der Waals surface area contributed by atoms with Crippen LogP contribution < -0.4 is 0 Å². The van der Waals surface area contributed by atoms with Crippen molar-refractivity contribution in [3.63, 3.8) is 0 Å². The second kappa shape index (κ2) is 5.38. The van der Waals surface area contributed by atoms with Gasteiger partial charge in [-0.25, -0.2) is 0 Å². The van der Waals surface area contributed by atoms with Crippen molar-refractivity contribution < 1.29 is 9.59 Å². The number of aryl methyl sites for hydroxylation is 1. The van der Waals surface area contributed by atoms with Gasteiger partial charge in [0.25, 0.3) is 0 Å². The van der Waals surface area contributed by atoms with Crippen LogP contribution in [0.2, 0.25) is 0 Å². The third-order valence-corrected chi connectivity index (χ3v) is 2.03. The van der Waals surface area contributed by atoms with Crippen molar-refractivity contribution in [3.8, 4) is 0 Å². The molecular formula is C10H15N3O2. The Labute approximate surface area is 88.5 Å². The number of carbonyl (C=O) groups is 2. The van der Waals surface area contributed by atoms with E-state index >= 15 is 0 Å². The fourth-order valence-corrected chi connectivity index (χ4v) is 1.22. The highest BCUT2D eigenvalue weighted by atomic mass is 16.1. The molecule has 0 aromatic carbocycles. The zero-order chi connectivity index (χ0) is 11.3. The summed E-state index contributed by atoms with van der Waals surface area (Å²) in [4.78, 5) is 22.7. The van der Waals surface area contributed by atoms with Crippen LogP contribution in [0.3, 0.4) is 0 Å². The molecule has 0 N–H and O–H groups in total. The lowest BCUT2D eigenvalue weighted by molar-refractivity contribution is -0.118. The lowest BCUT2D eigenvalue weighted by Crippen LogP contribution is -2.08. The lowest BCUT2D eigenvalue weighted by Gasteiger charge is -1.94. The Morgan fingerprint density at radius 2 is 2.13 bits per heavy atom. The van der Waals surface area contributed by atoms with Crippen LogP contribution in [0, 0.1) is 0 Å². The van der Waals surface area contributed by atoms with Gasteiger partial charge in [-0.2, -0.15) is 0 Å². The third-order valence-electron chi connectivity index (χ3n) is 2.03. The summed E-state index contributed by atoms with van der Waals surface area (Å²) in [6, 6.07) is 0. The molecule has 1 rings (SSSR count). The van der Waals surface area contributed by atoms with Crippen LogP contribution in [0.1, 0.15) is 43.6 Å². The van der Waals surface area contributed by atoms with Gasteiger partial charge in [-0.1, -0.05) is 12.1 Å². The summed E-state index contributed by atoms with van der Waals surface area (Å²) in [5, 5.41) is 7.45. The van der Waals surface area contributed by atoms with Crippen molar-refractivity contribution >= 4 is 11.6 Å². The van der Waals surface area contributed by atoms with Crippen molar-refractivity contribution in [2.45, 2.75) is 39.7 Å². The molecule has 0 bridgehead atoms. The van der Waals surface area contributed by atoms with Gasteiger partial charge in [-0.15, -0.1) is 5.10 Å². The summed E-state index contributed by atoms with van der Waals surface area (Å²) in [5.41, 5.74) is 0.279. The molecule has 0 unspecified atom stereocenters. The van der Waals surface area contributed by atoms with Crippen molar-refractivity contribution in [3.05, 3.63) is 11.9 Å². The molecule has 0 spiro atoms. The Morgan fingerprint density at radius 3 is 2.67 bits per heavy atom. The average Bonchev–Trinajstić information content (AvgIpc) is 2.66. The molecule has 0 radical (unpaired) electrons. The largest absolute Gasteiger partial charge is 0.299 e. The number of hydrogen-bond donors (Lipinski definition) is 0. The first-order valence-electron chi connectivity index (χ1n) is 5.12. The Morgan fingerprint density at radius 1 is 1.40 bits per heavy atom. The van der Waals surface area contributed by atoms with Crippen molar-refractivity contribution in [1.29, 1.82) is 0 Å². The van der Waals surface area contributed by atoms with Crippen LogP contribution in [-0.4, -0.2) is 26.6 Å². The number of nitrogens with zero attached hydrogens (tertiary/aromatic N) is 3. The molecule has 15 heavy (non-hydrogen) atoms. The molecule has 5 heteroatoms. The van der Waals surface area contributed by atoms with Gasteiger partial charge in [0.15, 0.2) is 5.78 Å². The molecule has 0 amide bonds. The fraction of sp³-hybridized carbons (Fsp3) is 0.600. The standard InChI is InChI=1S/C10H15N3O2/c1-3-5-8(14)6-10(15)9-7-13(4-2)12-11-9/h7H,3-6H2,1-2H3. The SMILES string of the molecule is CCCC(=O)CC(=O)c1cn(CC)nn1. The number of aromatic nitrogens is 3. The summed E-state index contributed by atoms with van der Waals surface area (Å²) in [7, 11) is 0. The molecule has 0 aliphatic carbocycles. The summed E-state index contributed by atoms with van der Waals surface area (Å²) in [6.45, 7) is 4.49. The fourth-order valence-electron chi connectivity index (χ4n) is 1.22. The third kappa shape index (κ3) is 3.27. The van der Waals surface area contributed by atoms with E-state index in [1.165, 1.54) is 0 Å². The maximum Gasteiger partial charge on any atom is 0.192 e.